The number of hydrogen-bond acceptors (Lipinski definition) is 7. The first-order chi connectivity index (χ1) is 13.5. The van der Waals surface area contributed by atoms with Crippen LogP contribution in [0, 0.1) is 13.8 Å². The summed E-state index contributed by atoms with van der Waals surface area (Å²) in [5.74, 6) is 2.09. The molecule has 4 heterocycles. The normalized spacial score (nSPS) is 11.5. The van der Waals surface area contributed by atoms with Gasteiger partial charge in [0.1, 0.15) is 17.2 Å². The maximum atomic E-state index is 6.17. The van der Waals surface area contributed by atoms with E-state index in [1.165, 1.54) is 0 Å². The van der Waals surface area contributed by atoms with Gasteiger partial charge in [-0.25, -0.2) is 9.97 Å². The molecule has 0 aliphatic heterocycles. The highest BCUT2D eigenvalue weighted by Crippen LogP contribution is 2.37. The molecule has 0 N–H and O–H groups in total. The molecule has 4 aromatic rings. The summed E-state index contributed by atoms with van der Waals surface area (Å²) in [6, 6.07) is 7.85. The molecule has 28 heavy (non-hydrogen) atoms. The van der Waals surface area contributed by atoms with Crippen molar-refractivity contribution in [3.63, 3.8) is 0 Å². The van der Waals surface area contributed by atoms with E-state index >= 15 is 0 Å². The van der Waals surface area contributed by atoms with Gasteiger partial charge in [0.2, 0.25) is 5.88 Å². The Labute approximate surface area is 162 Å². The fraction of sp³-hybridized carbons (Fsp3) is 0.286. The Bertz CT molecular complexity index is 1120. The first kappa shape index (κ1) is 18.2. The summed E-state index contributed by atoms with van der Waals surface area (Å²) in [7, 11) is 5.61. The van der Waals surface area contributed by atoms with E-state index in [4.69, 9.17) is 18.7 Å². The number of rotatable bonds is 5. The molecule has 0 fully saturated rings. The Morgan fingerprint density at radius 2 is 2.00 bits per heavy atom. The van der Waals surface area contributed by atoms with E-state index in [9.17, 15) is 0 Å². The lowest BCUT2D eigenvalue weighted by atomic mass is 10.1. The van der Waals surface area contributed by atoms with Crippen molar-refractivity contribution in [3.8, 4) is 28.4 Å². The molecule has 7 heteroatoms. The van der Waals surface area contributed by atoms with E-state index in [1.54, 1.807) is 13.3 Å². The predicted molar refractivity (Wildman–Crippen MR) is 106 cm³/mol. The van der Waals surface area contributed by atoms with Gasteiger partial charge in [-0.05, 0) is 52.2 Å². The van der Waals surface area contributed by atoms with Crippen molar-refractivity contribution in [1.29, 1.82) is 0 Å². The summed E-state index contributed by atoms with van der Waals surface area (Å²) in [6.45, 7) is 4.49. The molecule has 144 valence electrons. The minimum atomic E-state index is 0.498. The van der Waals surface area contributed by atoms with E-state index in [2.05, 4.69) is 15.0 Å². The molecule has 0 amide bonds. The lowest BCUT2D eigenvalue weighted by Gasteiger charge is -2.09. The number of nitrogens with zero attached hydrogens (tertiary/aromatic N) is 4. The quantitative estimate of drug-likeness (QED) is 0.514. The van der Waals surface area contributed by atoms with E-state index in [0.717, 1.165) is 39.4 Å². The number of furan rings is 1. The van der Waals surface area contributed by atoms with Gasteiger partial charge in [0, 0.05) is 11.6 Å². The van der Waals surface area contributed by atoms with Crippen molar-refractivity contribution in [2.24, 2.45) is 0 Å². The summed E-state index contributed by atoms with van der Waals surface area (Å²) in [5.41, 5.74) is 4.63. The number of pyridine rings is 2. The zero-order valence-corrected chi connectivity index (χ0v) is 16.6. The monoisotopic (exact) mass is 378 g/mol. The highest BCUT2D eigenvalue weighted by Gasteiger charge is 2.21. The van der Waals surface area contributed by atoms with Crippen molar-refractivity contribution in [1.82, 2.24) is 20.0 Å². The minimum Gasteiger partial charge on any atom is -0.481 e. The van der Waals surface area contributed by atoms with Crippen molar-refractivity contribution < 1.29 is 13.7 Å². The van der Waals surface area contributed by atoms with Crippen LogP contribution in [0.5, 0.6) is 5.88 Å². The van der Waals surface area contributed by atoms with Crippen LogP contribution >= 0.6 is 0 Å². The van der Waals surface area contributed by atoms with Gasteiger partial charge in [-0.1, -0.05) is 5.16 Å². The molecule has 0 atom stereocenters. The zero-order valence-electron chi connectivity index (χ0n) is 16.6. The highest BCUT2D eigenvalue weighted by molar-refractivity contribution is 5.94. The van der Waals surface area contributed by atoms with Gasteiger partial charge < -0.3 is 18.6 Å². The molecule has 4 aromatic heterocycles. The van der Waals surface area contributed by atoms with Gasteiger partial charge >= 0.3 is 0 Å². The summed E-state index contributed by atoms with van der Waals surface area (Å²) < 4.78 is 17.0. The number of ether oxygens (including phenoxy) is 1. The number of methoxy groups -OCH3 is 1. The Kier molecular flexibility index (Phi) is 4.60. The summed E-state index contributed by atoms with van der Waals surface area (Å²) in [5, 5.41) is 5.03. The number of aromatic nitrogens is 3. The van der Waals surface area contributed by atoms with Crippen LogP contribution in [0.3, 0.4) is 0 Å². The Hall–Kier alpha value is -3.19. The van der Waals surface area contributed by atoms with E-state index in [-0.39, 0.29) is 0 Å². The summed E-state index contributed by atoms with van der Waals surface area (Å²) >= 11 is 0. The number of hydrogen-bond donors (Lipinski definition) is 0. The Balaban J connectivity index is 2.01. The van der Waals surface area contributed by atoms with Crippen molar-refractivity contribution in [2.75, 3.05) is 21.2 Å². The first-order valence-corrected chi connectivity index (χ1v) is 8.98. The first-order valence-electron chi connectivity index (χ1n) is 8.98. The molecule has 0 spiro atoms. The summed E-state index contributed by atoms with van der Waals surface area (Å²) in [6.07, 6.45) is 1.69. The van der Waals surface area contributed by atoms with Gasteiger partial charge in [0.25, 0.3) is 0 Å². The van der Waals surface area contributed by atoms with Crippen LogP contribution in [0.2, 0.25) is 0 Å². The van der Waals surface area contributed by atoms with Gasteiger partial charge in [-0.3, -0.25) is 0 Å². The van der Waals surface area contributed by atoms with E-state index in [0.29, 0.717) is 23.7 Å². The van der Waals surface area contributed by atoms with Crippen molar-refractivity contribution in [3.05, 3.63) is 47.7 Å². The molecule has 0 radical (unpaired) electrons. The maximum Gasteiger partial charge on any atom is 0.222 e. The molecule has 0 saturated heterocycles. The second-order valence-electron chi connectivity index (χ2n) is 6.98. The average Bonchev–Trinajstić information content (AvgIpc) is 3.22. The lowest BCUT2D eigenvalue weighted by molar-refractivity contribution is 0.358. The molecule has 0 saturated carbocycles. The van der Waals surface area contributed by atoms with Crippen molar-refractivity contribution in [2.45, 2.75) is 20.4 Å². The smallest absolute Gasteiger partial charge is 0.222 e. The summed E-state index contributed by atoms with van der Waals surface area (Å²) in [4.78, 5) is 11.3. The third-order valence-electron chi connectivity index (χ3n) is 4.53. The van der Waals surface area contributed by atoms with Crippen LogP contribution in [-0.4, -0.2) is 41.2 Å². The zero-order chi connectivity index (χ0) is 19.8. The fourth-order valence-electron chi connectivity index (χ4n) is 3.38. The molecule has 4 rings (SSSR count). The largest absolute Gasteiger partial charge is 0.481 e. The van der Waals surface area contributed by atoms with Crippen LogP contribution < -0.4 is 4.74 Å². The maximum absolute atomic E-state index is 6.17. The van der Waals surface area contributed by atoms with Gasteiger partial charge in [0.05, 0.1) is 36.2 Å². The minimum absolute atomic E-state index is 0.498. The second kappa shape index (κ2) is 7.09. The van der Waals surface area contributed by atoms with Crippen LogP contribution in [-0.2, 0) is 6.54 Å². The molecular formula is C21H22N4O3. The third-order valence-corrected chi connectivity index (χ3v) is 4.53. The average molecular weight is 378 g/mol. The molecule has 7 nitrogen and oxygen atoms in total. The van der Waals surface area contributed by atoms with E-state index in [1.807, 2.05) is 52.2 Å². The van der Waals surface area contributed by atoms with Crippen molar-refractivity contribution >= 4 is 11.0 Å². The highest BCUT2D eigenvalue weighted by atomic mass is 16.5. The molecule has 0 unspecified atom stereocenters. The molecule has 0 aliphatic carbocycles. The van der Waals surface area contributed by atoms with Crippen LogP contribution in [0.15, 0.2) is 39.4 Å². The molecule has 0 bridgehead atoms. The molecule has 0 aromatic carbocycles. The predicted octanol–water partition coefficient (Wildman–Crippen LogP) is 4.23. The van der Waals surface area contributed by atoms with Crippen LogP contribution in [0.25, 0.3) is 33.5 Å². The fourth-order valence-corrected chi connectivity index (χ4v) is 3.38. The van der Waals surface area contributed by atoms with Gasteiger partial charge in [-0.2, -0.15) is 0 Å². The number of fused-ring (bicyclic) bond motifs is 1. The molecular weight excluding hydrogens is 356 g/mol. The van der Waals surface area contributed by atoms with Gasteiger partial charge in [0.15, 0.2) is 5.58 Å². The van der Waals surface area contributed by atoms with E-state index < -0.39 is 0 Å². The lowest BCUT2D eigenvalue weighted by Crippen LogP contribution is -2.09. The van der Waals surface area contributed by atoms with Crippen LogP contribution in [0.4, 0.5) is 0 Å². The Morgan fingerprint density at radius 1 is 1.18 bits per heavy atom. The van der Waals surface area contributed by atoms with Crippen LogP contribution in [0.1, 0.15) is 17.2 Å². The SMILES string of the molecule is COc1ncccc1-c1nc(-c2c(C)noc2C)cc2cc(CN(C)C)oc12. The Morgan fingerprint density at radius 3 is 2.68 bits per heavy atom. The second-order valence-corrected chi connectivity index (χ2v) is 6.98. The van der Waals surface area contributed by atoms with Gasteiger partial charge in [-0.15, -0.1) is 0 Å². The third kappa shape index (κ3) is 3.14. The molecule has 0 aliphatic rings. The topological polar surface area (TPSA) is 77.4 Å². The standard InChI is InChI=1S/C21H22N4O3/c1-12-18(13(2)28-24-12)17-10-14-9-15(11-25(3)4)27-20(14)19(23-17)16-7-6-8-22-21(16)26-5/h6-10H,11H2,1-5H3. The number of aryl methyl sites for hydroxylation is 2.